The molecule has 5 heteroatoms. The first-order valence-electron chi connectivity index (χ1n) is 5.88. The van der Waals surface area contributed by atoms with Crippen LogP contribution in [-0.2, 0) is 6.42 Å². The second-order valence-electron chi connectivity index (χ2n) is 4.57. The van der Waals surface area contributed by atoms with Crippen molar-refractivity contribution in [2.45, 2.75) is 25.5 Å². The fourth-order valence-corrected chi connectivity index (χ4v) is 4.60. The van der Waals surface area contributed by atoms with Crippen LogP contribution < -0.4 is 0 Å². The second-order valence-corrected chi connectivity index (χ2v) is 7.42. The van der Waals surface area contributed by atoms with Gasteiger partial charge in [-0.25, -0.2) is 9.97 Å². The molecule has 2 nitrogen and oxygen atoms in total. The summed E-state index contributed by atoms with van der Waals surface area (Å²) in [6.45, 7) is 4.39. The van der Waals surface area contributed by atoms with Crippen LogP contribution in [0.25, 0.3) is 0 Å². The van der Waals surface area contributed by atoms with Gasteiger partial charge in [-0.2, -0.15) is 11.8 Å². The molecule has 17 heavy (non-hydrogen) atoms. The quantitative estimate of drug-likeness (QED) is 0.789. The first kappa shape index (κ1) is 13.5. The first-order valence-corrected chi connectivity index (χ1v) is 8.46. The van der Waals surface area contributed by atoms with E-state index >= 15 is 0 Å². The fourth-order valence-electron chi connectivity index (χ4n) is 1.79. The van der Waals surface area contributed by atoms with E-state index in [2.05, 4.69) is 23.8 Å². The SMILES string of the molecule is CC(C)Cc1cc(Cl)nc(C2CSCCS2)n1. The van der Waals surface area contributed by atoms with Gasteiger partial charge in [-0.05, 0) is 18.4 Å². The van der Waals surface area contributed by atoms with E-state index in [1.165, 1.54) is 11.5 Å². The molecule has 0 N–H and O–H groups in total. The van der Waals surface area contributed by atoms with Gasteiger partial charge in [0.25, 0.3) is 0 Å². The van der Waals surface area contributed by atoms with Gasteiger partial charge in [0.15, 0.2) is 0 Å². The van der Waals surface area contributed by atoms with E-state index in [0.29, 0.717) is 16.3 Å². The maximum atomic E-state index is 6.09. The number of thioether (sulfide) groups is 2. The van der Waals surface area contributed by atoms with E-state index < -0.39 is 0 Å². The van der Waals surface area contributed by atoms with E-state index in [1.54, 1.807) is 0 Å². The fraction of sp³-hybridized carbons (Fsp3) is 0.667. The molecule has 0 aliphatic carbocycles. The molecule has 1 unspecified atom stereocenters. The molecule has 0 spiro atoms. The molecule has 1 aromatic heterocycles. The Labute approximate surface area is 116 Å². The molecule has 0 saturated carbocycles. The van der Waals surface area contributed by atoms with Crippen molar-refractivity contribution in [3.63, 3.8) is 0 Å². The van der Waals surface area contributed by atoms with Gasteiger partial charge in [0.2, 0.25) is 0 Å². The van der Waals surface area contributed by atoms with Crippen molar-refractivity contribution in [2.24, 2.45) is 5.92 Å². The maximum Gasteiger partial charge on any atom is 0.144 e. The Kier molecular flexibility index (Phi) is 5.00. The molecule has 94 valence electrons. The van der Waals surface area contributed by atoms with Gasteiger partial charge in [0.1, 0.15) is 11.0 Å². The van der Waals surface area contributed by atoms with Gasteiger partial charge in [-0.1, -0.05) is 25.4 Å². The van der Waals surface area contributed by atoms with Gasteiger partial charge in [-0.15, -0.1) is 11.8 Å². The summed E-state index contributed by atoms with van der Waals surface area (Å²) in [4.78, 5) is 9.05. The van der Waals surface area contributed by atoms with Crippen molar-refractivity contribution in [2.75, 3.05) is 17.3 Å². The molecule has 0 bridgehead atoms. The average molecular weight is 289 g/mol. The summed E-state index contributed by atoms with van der Waals surface area (Å²) in [5.74, 6) is 5.05. The Hall–Kier alpha value is 0.0700. The topological polar surface area (TPSA) is 25.8 Å². The van der Waals surface area contributed by atoms with E-state index in [4.69, 9.17) is 11.6 Å². The van der Waals surface area contributed by atoms with Crippen LogP contribution in [-0.4, -0.2) is 27.2 Å². The summed E-state index contributed by atoms with van der Waals surface area (Å²) in [6.07, 6.45) is 0.972. The third-order valence-electron chi connectivity index (χ3n) is 2.49. The number of hydrogen-bond acceptors (Lipinski definition) is 4. The number of aromatic nitrogens is 2. The maximum absolute atomic E-state index is 6.09. The minimum atomic E-state index is 0.415. The third-order valence-corrected chi connectivity index (χ3v) is 5.43. The van der Waals surface area contributed by atoms with Crippen molar-refractivity contribution < 1.29 is 0 Å². The zero-order chi connectivity index (χ0) is 12.3. The molecule has 0 radical (unpaired) electrons. The Morgan fingerprint density at radius 1 is 1.41 bits per heavy atom. The summed E-state index contributed by atoms with van der Waals surface area (Å²) in [5.41, 5.74) is 1.08. The Bertz CT molecular complexity index is 379. The van der Waals surface area contributed by atoms with Gasteiger partial charge >= 0.3 is 0 Å². The molecule has 1 aliphatic heterocycles. The van der Waals surface area contributed by atoms with Crippen LogP contribution in [0.5, 0.6) is 0 Å². The molecule has 1 aromatic rings. The first-order chi connectivity index (χ1) is 8.15. The predicted molar refractivity (Wildman–Crippen MR) is 78.1 cm³/mol. The van der Waals surface area contributed by atoms with Gasteiger partial charge in [0, 0.05) is 23.0 Å². The average Bonchev–Trinajstić information content (AvgIpc) is 2.28. The molecule has 1 fully saturated rings. The molecule has 0 aromatic carbocycles. The van der Waals surface area contributed by atoms with Gasteiger partial charge in [0.05, 0.1) is 5.25 Å². The van der Waals surface area contributed by atoms with Gasteiger partial charge < -0.3 is 0 Å². The number of hydrogen-bond donors (Lipinski definition) is 0. The van der Waals surface area contributed by atoms with Crippen LogP contribution in [0.2, 0.25) is 5.15 Å². The van der Waals surface area contributed by atoms with E-state index in [1.807, 2.05) is 29.6 Å². The summed E-state index contributed by atoms with van der Waals surface area (Å²) in [6, 6.07) is 1.89. The summed E-state index contributed by atoms with van der Waals surface area (Å²) in [5, 5.41) is 1.00. The zero-order valence-corrected chi connectivity index (χ0v) is 12.5. The third kappa shape index (κ3) is 4.04. The zero-order valence-electron chi connectivity index (χ0n) is 10.1. The van der Waals surface area contributed by atoms with Gasteiger partial charge in [-0.3, -0.25) is 0 Å². The predicted octanol–water partition coefficient (Wildman–Crippen LogP) is 3.85. The molecular formula is C12H17ClN2S2. The number of nitrogens with zero attached hydrogens (tertiary/aromatic N) is 2. The summed E-state index contributed by atoms with van der Waals surface area (Å²) < 4.78 is 0. The highest BCUT2D eigenvalue weighted by atomic mass is 35.5. The Morgan fingerprint density at radius 3 is 2.88 bits per heavy atom. The smallest absolute Gasteiger partial charge is 0.144 e. The highest BCUT2D eigenvalue weighted by Crippen LogP contribution is 2.35. The van der Waals surface area contributed by atoms with Crippen molar-refractivity contribution in [1.82, 2.24) is 9.97 Å². The second kappa shape index (κ2) is 6.30. The highest BCUT2D eigenvalue weighted by molar-refractivity contribution is 8.06. The highest BCUT2D eigenvalue weighted by Gasteiger charge is 2.20. The van der Waals surface area contributed by atoms with Crippen LogP contribution in [0.3, 0.4) is 0 Å². The normalized spacial score (nSPS) is 20.8. The molecule has 1 atom stereocenters. The largest absolute Gasteiger partial charge is 0.237 e. The minimum Gasteiger partial charge on any atom is -0.237 e. The number of halogens is 1. The lowest BCUT2D eigenvalue weighted by molar-refractivity contribution is 0.630. The molecule has 0 amide bonds. The lowest BCUT2D eigenvalue weighted by Crippen LogP contribution is -2.12. The van der Waals surface area contributed by atoms with Crippen LogP contribution in [0, 0.1) is 5.92 Å². The molecule has 2 rings (SSSR count). The van der Waals surface area contributed by atoms with Crippen molar-refractivity contribution in [3.8, 4) is 0 Å². The van der Waals surface area contributed by atoms with Crippen molar-refractivity contribution >= 4 is 35.1 Å². The lowest BCUT2D eigenvalue weighted by atomic mass is 10.1. The molecule has 2 heterocycles. The van der Waals surface area contributed by atoms with Crippen LogP contribution in [0.15, 0.2) is 6.07 Å². The molecular weight excluding hydrogens is 272 g/mol. The summed E-state index contributed by atoms with van der Waals surface area (Å²) in [7, 11) is 0. The minimum absolute atomic E-state index is 0.415. The molecule has 1 saturated heterocycles. The molecule has 1 aliphatic rings. The number of rotatable bonds is 3. The Morgan fingerprint density at radius 2 is 2.24 bits per heavy atom. The Balaban J connectivity index is 2.18. The van der Waals surface area contributed by atoms with E-state index in [0.717, 1.165) is 23.7 Å². The van der Waals surface area contributed by atoms with Crippen molar-refractivity contribution in [1.29, 1.82) is 0 Å². The van der Waals surface area contributed by atoms with Crippen LogP contribution in [0.4, 0.5) is 0 Å². The lowest BCUT2D eigenvalue weighted by Gasteiger charge is -2.20. The van der Waals surface area contributed by atoms with E-state index in [9.17, 15) is 0 Å². The van der Waals surface area contributed by atoms with E-state index in [-0.39, 0.29) is 0 Å². The monoisotopic (exact) mass is 288 g/mol. The standard InChI is InChI=1S/C12H17ClN2S2/c1-8(2)5-9-6-11(13)15-12(14-9)10-7-16-3-4-17-10/h6,8,10H,3-5,7H2,1-2H3. The summed E-state index contributed by atoms with van der Waals surface area (Å²) >= 11 is 10.0. The van der Waals surface area contributed by atoms with Crippen LogP contribution in [0.1, 0.15) is 30.6 Å². The van der Waals surface area contributed by atoms with Crippen LogP contribution >= 0.6 is 35.1 Å². The van der Waals surface area contributed by atoms with Crippen molar-refractivity contribution in [3.05, 3.63) is 22.7 Å².